The van der Waals surface area contributed by atoms with Gasteiger partial charge in [0.2, 0.25) is 11.0 Å². The first-order chi connectivity index (χ1) is 23.3. The number of carbonyl (C=O) groups is 6. The van der Waals surface area contributed by atoms with Gasteiger partial charge in [-0.2, -0.15) is 0 Å². The van der Waals surface area contributed by atoms with E-state index in [2.05, 4.69) is 41.2 Å². The molecule has 1 heterocycles. The number of rotatable bonds is 18. The van der Waals surface area contributed by atoms with E-state index in [1.807, 2.05) is 28.5 Å². The quantitative estimate of drug-likeness (QED) is 0.0483. The Labute approximate surface area is 328 Å². The number of thioether (sulfide) groups is 1. The molecule has 4 amide bonds. The normalized spacial score (nSPS) is 21.3. The molecule has 4 unspecified atom stereocenters. The topological polar surface area (TPSA) is 205 Å². The third-order valence-corrected chi connectivity index (χ3v) is 12.4. The fraction of sp³-hybridized carbons (Fsp3) is 0.742. The van der Waals surface area contributed by atoms with Gasteiger partial charge >= 0.3 is 41.6 Å². The van der Waals surface area contributed by atoms with Crippen molar-refractivity contribution < 1.29 is 80.9 Å². The van der Waals surface area contributed by atoms with Gasteiger partial charge in [-0.15, -0.1) is 16.9 Å². The maximum atomic E-state index is 12.9. The van der Waals surface area contributed by atoms with Gasteiger partial charge in [0, 0.05) is 43.1 Å². The fourth-order valence-electron chi connectivity index (χ4n) is 5.24. The van der Waals surface area contributed by atoms with Crippen LogP contribution in [0.5, 0.6) is 0 Å². The molecule has 4 atom stereocenters. The Bertz CT molecular complexity index is 1320. The van der Waals surface area contributed by atoms with Crippen molar-refractivity contribution in [3.63, 3.8) is 0 Å². The number of carbonyl (C=O) groups excluding carboxylic acids is 6. The number of ether oxygens (including phenoxy) is 1. The molecular weight excluding hydrogens is 742 g/mol. The number of fused-ring (bicyclic) bond motifs is 1. The third-order valence-electron chi connectivity index (χ3n) is 7.79. The van der Waals surface area contributed by atoms with Gasteiger partial charge < -0.3 is 24.8 Å². The fourth-order valence-corrected chi connectivity index (χ4v) is 8.10. The van der Waals surface area contributed by atoms with Crippen LogP contribution in [0, 0.1) is 29.6 Å². The summed E-state index contributed by atoms with van der Waals surface area (Å²) in [7, 11) is -1.33. The molecule has 0 aromatic rings. The molecule has 0 radical (unpaired) electrons. The number of hydrogen-bond acceptors (Lipinski definition) is 14. The van der Waals surface area contributed by atoms with Gasteiger partial charge in [0.1, 0.15) is 21.4 Å². The van der Waals surface area contributed by atoms with Crippen LogP contribution >= 0.6 is 33.3 Å². The predicted octanol–water partition coefficient (Wildman–Crippen LogP) is 0.410. The minimum absolute atomic E-state index is 0. The summed E-state index contributed by atoms with van der Waals surface area (Å²) >= 11 is 0.686. The average molecular weight is 788 g/mol. The second kappa shape index (κ2) is 24.7. The molecule has 1 aliphatic heterocycles. The molecule has 2 N–H and O–H groups in total. The second-order valence-electron chi connectivity index (χ2n) is 11.4. The molecule has 0 spiro atoms. The molecule has 0 aromatic carbocycles. The number of hydroxylamine groups is 2. The largest absolute Gasteiger partial charge is 1.00 e. The summed E-state index contributed by atoms with van der Waals surface area (Å²) in [5.41, 5.74) is 0. The summed E-state index contributed by atoms with van der Waals surface area (Å²) < 4.78 is 39.0. The van der Waals surface area contributed by atoms with E-state index in [1.54, 1.807) is 0 Å². The molecule has 1 saturated carbocycles. The van der Waals surface area contributed by atoms with Crippen molar-refractivity contribution in [1.82, 2.24) is 15.7 Å². The number of alkyl carbamates (subject to hydrolysis) is 1. The first-order valence-corrected chi connectivity index (χ1v) is 21.4. The second-order valence-corrected chi connectivity index (χ2v) is 17.1. The van der Waals surface area contributed by atoms with Crippen LogP contribution in [0.4, 0.5) is 4.79 Å². The molecular formula is C31H46N3NaO11S4. The minimum atomic E-state index is -5.18. The zero-order valence-corrected chi connectivity index (χ0v) is 34.3. The Balaban J connectivity index is 0.00000164. The van der Waals surface area contributed by atoms with Crippen molar-refractivity contribution in [2.45, 2.75) is 96.3 Å². The van der Waals surface area contributed by atoms with E-state index in [1.165, 1.54) is 11.5 Å². The summed E-state index contributed by atoms with van der Waals surface area (Å²) in [5.74, 6) is 5.33. The summed E-state index contributed by atoms with van der Waals surface area (Å²) in [5, 5.41) is 1.99. The van der Waals surface area contributed by atoms with Crippen molar-refractivity contribution >= 4 is 78.4 Å². The Hall–Kier alpha value is -1.46. The van der Waals surface area contributed by atoms with E-state index in [-0.39, 0.29) is 65.2 Å². The summed E-state index contributed by atoms with van der Waals surface area (Å²) in [6, 6.07) is -1.52. The molecule has 2 fully saturated rings. The van der Waals surface area contributed by atoms with E-state index in [0.717, 1.165) is 44.9 Å². The number of nitrogens with zero attached hydrogens (tertiary/aromatic N) is 1. The number of amides is 4. The van der Waals surface area contributed by atoms with E-state index in [9.17, 15) is 41.7 Å². The molecule has 0 aromatic heterocycles. The average Bonchev–Trinajstić information content (AvgIpc) is 3.59. The van der Waals surface area contributed by atoms with E-state index in [0.29, 0.717) is 30.1 Å². The van der Waals surface area contributed by atoms with Crippen LogP contribution < -0.4 is 40.2 Å². The Kier molecular flexibility index (Phi) is 23.0. The van der Waals surface area contributed by atoms with Crippen LogP contribution in [-0.4, -0.2) is 94.6 Å². The molecule has 0 bridgehead atoms. The Morgan fingerprint density at radius 2 is 1.64 bits per heavy atom. The predicted molar refractivity (Wildman–Crippen MR) is 187 cm³/mol. The van der Waals surface area contributed by atoms with Crippen LogP contribution in [-0.2, 0) is 43.7 Å². The smallest absolute Gasteiger partial charge is 0.747 e. The minimum Gasteiger partial charge on any atom is -0.747 e. The Morgan fingerprint density at radius 3 is 2.18 bits per heavy atom. The molecule has 276 valence electrons. The van der Waals surface area contributed by atoms with E-state index < -0.39 is 63.2 Å². The van der Waals surface area contributed by atoms with Gasteiger partial charge in [-0.3, -0.25) is 19.2 Å². The zero-order chi connectivity index (χ0) is 36.4. The van der Waals surface area contributed by atoms with Gasteiger partial charge in [-0.25, -0.2) is 18.0 Å². The van der Waals surface area contributed by atoms with Crippen LogP contribution in [0.15, 0.2) is 0 Å². The van der Waals surface area contributed by atoms with Gasteiger partial charge in [0.05, 0.1) is 19.4 Å². The summed E-state index contributed by atoms with van der Waals surface area (Å²) in [4.78, 5) is 79.0. The number of nitrogens with one attached hydrogen (secondary N) is 2. The molecule has 14 nitrogen and oxygen atoms in total. The van der Waals surface area contributed by atoms with Crippen molar-refractivity contribution in [3.8, 4) is 11.8 Å². The number of imide groups is 1. The zero-order valence-electron chi connectivity index (χ0n) is 29.1. The first kappa shape index (κ1) is 46.6. The van der Waals surface area contributed by atoms with E-state index in [4.69, 9.17) is 4.74 Å². The van der Waals surface area contributed by atoms with Crippen molar-refractivity contribution in [2.75, 3.05) is 30.4 Å². The van der Waals surface area contributed by atoms with Crippen molar-refractivity contribution in [2.24, 2.45) is 17.8 Å². The van der Waals surface area contributed by atoms with Gasteiger partial charge in [-0.1, -0.05) is 67.0 Å². The van der Waals surface area contributed by atoms with Gasteiger partial charge in [0.15, 0.2) is 0 Å². The van der Waals surface area contributed by atoms with Crippen LogP contribution in [0.2, 0.25) is 0 Å². The molecule has 3 aliphatic rings. The standard InChI is InChI=1S/C27H37N3O11S2.C4H10S2.Na/c1-2-3-8-12-28-22(31)11-13-42-26(35)20(14-24(33)41-30-23(32)15-21(25(30)34)43(37,38)39)29-27(36)40-16-19-17-9-6-4-5-7-10-18(17)19;1-3-5-6-4-2;/h17-21H,2-3,6-16H2,1H3,(H,28,31)(H,29,36)(H,37,38,39);3-4H2,1-2H3;/q;;+1/p-1. The maximum absolute atomic E-state index is 12.9. The van der Waals surface area contributed by atoms with Gasteiger partial charge in [0.25, 0.3) is 11.8 Å². The third kappa shape index (κ3) is 16.9. The Morgan fingerprint density at radius 1 is 1.02 bits per heavy atom. The number of hydrogen-bond donors (Lipinski definition) is 2. The SMILES string of the molecule is CCCCCNC(=O)CCSC(=O)C(CC(=O)ON1C(=O)CC(S(=O)(=O)[O-])C1=O)NC(=O)OCC1C2CCC#CCCC21.CCSSCC.[Na+]. The molecule has 2 aliphatic carbocycles. The van der Waals surface area contributed by atoms with Crippen LogP contribution in [0.25, 0.3) is 0 Å². The van der Waals surface area contributed by atoms with Crippen LogP contribution in [0.1, 0.15) is 85.0 Å². The molecule has 1 saturated heterocycles. The monoisotopic (exact) mass is 787 g/mol. The van der Waals surface area contributed by atoms with Gasteiger partial charge in [-0.05, 0) is 37.0 Å². The molecule has 3 rings (SSSR count). The molecule has 50 heavy (non-hydrogen) atoms. The number of unbranched alkanes of at least 4 members (excludes halogenated alkanes) is 2. The first-order valence-electron chi connectivity index (χ1n) is 16.4. The van der Waals surface area contributed by atoms with E-state index >= 15 is 0 Å². The van der Waals surface area contributed by atoms with Crippen LogP contribution in [0.3, 0.4) is 0 Å². The van der Waals surface area contributed by atoms with Crippen molar-refractivity contribution in [3.05, 3.63) is 0 Å². The maximum Gasteiger partial charge on any atom is 1.00 e. The summed E-state index contributed by atoms with van der Waals surface area (Å²) in [6.07, 6.45) is 3.35. The molecule has 19 heteroatoms. The van der Waals surface area contributed by atoms with Crippen molar-refractivity contribution in [1.29, 1.82) is 0 Å². The summed E-state index contributed by atoms with van der Waals surface area (Å²) in [6.45, 7) is 7.00.